The van der Waals surface area contributed by atoms with Gasteiger partial charge >= 0.3 is 5.97 Å². The van der Waals surface area contributed by atoms with Crippen LogP contribution in [0, 0.1) is 17.6 Å². The summed E-state index contributed by atoms with van der Waals surface area (Å²) in [4.78, 5) is 11.2. The molecule has 0 amide bonds. The maximum Gasteiger partial charge on any atom is 0.340 e. The first-order chi connectivity index (χ1) is 8.97. The molecule has 3 nitrogen and oxygen atoms in total. The van der Waals surface area contributed by atoms with E-state index in [2.05, 4.69) is 23.9 Å². The standard InChI is InChI=1S/C14H19F2NO2/c1-9(2)5-4-8-17-11-7-6-10(14(18)19-3)12(15)13(11)16/h6-7,9,17H,4-5,8H2,1-3H3. The highest BCUT2D eigenvalue weighted by atomic mass is 19.2. The zero-order valence-corrected chi connectivity index (χ0v) is 11.4. The second-order valence-corrected chi connectivity index (χ2v) is 4.74. The largest absolute Gasteiger partial charge is 0.465 e. The summed E-state index contributed by atoms with van der Waals surface area (Å²) < 4.78 is 31.7. The van der Waals surface area contributed by atoms with Gasteiger partial charge in [0.05, 0.1) is 18.4 Å². The molecule has 0 aliphatic heterocycles. The number of carbonyl (C=O) groups is 1. The zero-order chi connectivity index (χ0) is 14.4. The van der Waals surface area contributed by atoms with E-state index in [-0.39, 0.29) is 5.69 Å². The number of benzene rings is 1. The van der Waals surface area contributed by atoms with Crippen LogP contribution in [0.2, 0.25) is 0 Å². The molecule has 0 saturated carbocycles. The second kappa shape index (κ2) is 7.07. The molecule has 0 radical (unpaired) electrons. The van der Waals surface area contributed by atoms with Crippen molar-refractivity contribution in [1.82, 2.24) is 0 Å². The monoisotopic (exact) mass is 271 g/mol. The predicted octanol–water partition coefficient (Wildman–Crippen LogP) is 3.60. The van der Waals surface area contributed by atoms with Crippen LogP contribution in [0.1, 0.15) is 37.0 Å². The third kappa shape index (κ3) is 4.19. The molecule has 0 saturated heterocycles. The molecule has 0 bridgehead atoms. The van der Waals surface area contributed by atoms with Crippen molar-refractivity contribution in [2.75, 3.05) is 19.0 Å². The molecule has 0 aliphatic rings. The van der Waals surface area contributed by atoms with Crippen molar-refractivity contribution < 1.29 is 18.3 Å². The van der Waals surface area contributed by atoms with Crippen LogP contribution in [-0.4, -0.2) is 19.6 Å². The van der Waals surface area contributed by atoms with Crippen molar-refractivity contribution in [2.24, 2.45) is 5.92 Å². The third-order valence-electron chi connectivity index (χ3n) is 2.76. The lowest BCUT2D eigenvalue weighted by molar-refractivity contribution is 0.0594. The number of hydrogen-bond donors (Lipinski definition) is 1. The van der Waals surface area contributed by atoms with Crippen LogP contribution in [0.5, 0.6) is 0 Å². The summed E-state index contributed by atoms with van der Waals surface area (Å²) in [7, 11) is 1.12. The fourth-order valence-corrected chi connectivity index (χ4v) is 1.69. The van der Waals surface area contributed by atoms with E-state index in [4.69, 9.17) is 0 Å². The van der Waals surface area contributed by atoms with E-state index in [1.165, 1.54) is 12.1 Å². The van der Waals surface area contributed by atoms with Gasteiger partial charge in [-0.1, -0.05) is 13.8 Å². The molecule has 0 fully saturated rings. The number of rotatable bonds is 6. The molecule has 1 N–H and O–H groups in total. The second-order valence-electron chi connectivity index (χ2n) is 4.74. The first kappa shape index (κ1) is 15.4. The van der Waals surface area contributed by atoms with Gasteiger partial charge in [-0.2, -0.15) is 0 Å². The van der Waals surface area contributed by atoms with E-state index in [9.17, 15) is 13.6 Å². The zero-order valence-electron chi connectivity index (χ0n) is 11.4. The van der Waals surface area contributed by atoms with Crippen molar-refractivity contribution in [3.63, 3.8) is 0 Å². The maximum atomic E-state index is 13.7. The van der Waals surface area contributed by atoms with Crippen LogP contribution in [0.3, 0.4) is 0 Å². The molecule has 0 aromatic heterocycles. The minimum atomic E-state index is -1.18. The van der Waals surface area contributed by atoms with E-state index in [0.29, 0.717) is 12.5 Å². The molecule has 1 aromatic rings. The molecular formula is C14H19F2NO2. The molecule has 1 rings (SSSR count). The minimum absolute atomic E-state index is 0.0638. The van der Waals surface area contributed by atoms with Crippen LogP contribution >= 0.6 is 0 Å². The van der Waals surface area contributed by atoms with Crippen molar-refractivity contribution in [2.45, 2.75) is 26.7 Å². The highest BCUT2D eigenvalue weighted by molar-refractivity contribution is 5.90. The normalized spacial score (nSPS) is 10.6. The molecule has 0 atom stereocenters. The first-order valence-electron chi connectivity index (χ1n) is 6.27. The molecule has 1 aromatic carbocycles. The van der Waals surface area contributed by atoms with Gasteiger partial charge in [0.2, 0.25) is 0 Å². The van der Waals surface area contributed by atoms with Crippen LogP contribution in [0.25, 0.3) is 0 Å². The Kier molecular flexibility index (Phi) is 5.73. The number of esters is 1. The van der Waals surface area contributed by atoms with Gasteiger partial charge in [-0.05, 0) is 30.9 Å². The van der Waals surface area contributed by atoms with Gasteiger partial charge < -0.3 is 10.1 Å². The van der Waals surface area contributed by atoms with E-state index >= 15 is 0 Å². The molecule has 106 valence electrons. The summed E-state index contributed by atoms with van der Waals surface area (Å²) in [6, 6.07) is 2.56. The summed E-state index contributed by atoms with van der Waals surface area (Å²) in [5.74, 6) is -2.54. The van der Waals surface area contributed by atoms with Crippen LogP contribution in [0.4, 0.5) is 14.5 Å². The Labute approximate surface area is 112 Å². The quantitative estimate of drug-likeness (QED) is 0.634. The SMILES string of the molecule is COC(=O)c1ccc(NCCCC(C)C)c(F)c1F. The van der Waals surface area contributed by atoms with Crippen molar-refractivity contribution in [3.05, 3.63) is 29.3 Å². The van der Waals surface area contributed by atoms with Gasteiger partial charge in [-0.3, -0.25) is 0 Å². The molecular weight excluding hydrogens is 252 g/mol. The minimum Gasteiger partial charge on any atom is -0.465 e. The maximum absolute atomic E-state index is 13.7. The fourth-order valence-electron chi connectivity index (χ4n) is 1.69. The van der Waals surface area contributed by atoms with E-state index in [1.807, 2.05) is 0 Å². The lowest BCUT2D eigenvalue weighted by Crippen LogP contribution is -2.10. The van der Waals surface area contributed by atoms with Crippen LogP contribution < -0.4 is 5.32 Å². The summed E-state index contributed by atoms with van der Waals surface area (Å²) in [5, 5.41) is 2.83. The lowest BCUT2D eigenvalue weighted by atomic mass is 10.1. The van der Waals surface area contributed by atoms with Crippen molar-refractivity contribution in [1.29, 1.82) is 0 Å². The number of anilines is 1. The van der Waals surface area contributed by atoms with E-state index < -0.39 is 23.2 Å². The summed E-state index contributed by atoms with van der Waals surface area (Å²) in [6.07, 6.45) is 1.88. The number of hydrogen-bond acceptors (Lipinski definition) is 3. The van der Waals surface area contributed by atoms with Gasteiger partial charge in [0.1, 0.15) is 0 Å². The van der Waals surface area contributed by atoms with Gasteiger partial charge in [0, 0.05) is 6.54 Å². The van der Waals surface area contributed by atoms with E-state index in [0.717, 1.165) is 20.0 Å². The number of halogens is 2. The topological polar surface area (TPSA) is 38.3 Å². The summed E-state index contributed by atoms with van der Waals surface area (Å²) in [5.41, 5.74) is -0.332. The number of carbonyl (C=O) groups excluding carboxylic acids is 1. The number of ether oxygens (including phenoxy) is 1. The Hall–Kier alpha value is -1.65. The van der Waals surface area contributed by atoms with Gasteiger partial charge in [-0.25, -0.2) is 13.6 Å². The Morgan fingerprint density at radius 3 is 2.58 bits per heavy atom. The fraction of sp³-hybridized carbons (Fsp3) is 0.500. The molecule has 0 spiro atoms. The Bertz CT molecular complexity index is 447. The molecule has 5 heteroatoms. The number of nitrogens with one attached hydrogen (secondary N) is 1. The number of methoxy groups -OCH3 is 1. The Morgan fingerprint density at radius 1 is 1.32 bits per heavy atom. The van der Waals surface area contributed by atoms with Gasteiger partial charge in [0.15, 0.2) is 11.6 Å². The van der Waals surface area contributed by atoms with Gasteiger partial charge in [-0.15, -0.1) is 0 Å². The molecule has 19 heavy (non-hydrogen) atoms. The third-order valence-corrected chi connectivity index (χ3v) is 2.76. The molecule has 0 heterocycles. The average molecular weight is 271 g/mol. The molecule has 0 unspecified atom stereocenters. The highest BCUT2D eigenvalue weighted by Crippen LogP contribution is 2.21. The highest BCUT2D eigenvalue weighted by Gasteiger charge is 2.18. The average Bonchev–Trinajstić information content (AvgIpc) is 2.38. The molecule has 0 aliphatic carbocycles. The lowest BCUT2D eigenvalue weighted by Gasteiger charge is -2.10. The first-order valence-corrected chi connectivity index (χ1v) is 6.27. The van der Waals surface area contributed by atoms with Gasteiger partial charge in [0.25, 0.3) is 0 Å². The Morgan fingerprint density at radius 2 is 2.00 bits per heavy atom. The van der Waals surface area contributed by atoms with E-state index in [1.54, 1.807) is 0 Å². The Balaban J connectivity index is 2.71. The van der Waals surface area contributed by atoms with Crippen molar-refractivity contribution >= 4 is 11.7 Å². The summed E-state index contributed by atoms with van der Waals surface area (Å²) >= 11 is 0. The smallest absolute Gasteiger partial charge is 0.340 e. The van der Waals surface area contributed by atoms with Crippen molar-refractivity contribution in [3.8, 4) is 0 Å². The predicted molar refractivity (Wildman–Crippen MR) is 70.3 cm³/mol. The van der Waals surface area contributed by atoms with Crippen LogP contribution in [0.15, 0.2) is 12.1 Å². The van der Waals surface area contributed by atoms with Crippen LogP contribution in [-0.2, 0) is 4.74 Å². The summed E-state index contributed by atoms with van der Waals surface area (Å²) in [6.45, 7) is 4.77.